The van der Waals surface area contributed by atoms with E-state index >= 15 is 0 Å². The Morgan fingerprint density at radius 1 is 1.29 bits per heavy atom. The average Bonchev–Trinajstić information content (AvgIpc) is 2.60. The highest BCUT2D eigenvalue weighted by Crippen LogP contribution is 2.39. The van der Waals surface area contributed by atoms with Crippen molar-refractivity contribution in [2.75, 3.05) is 20.3 Å². The van der Waals surface area contributed by atoms with E-state index in [1.165, 1.54) is 0 Å². The fraction of sp³-hybridized carbons (Fsp3) is 0.500. The maximum Gasteiger partial charge on any atom is 0.370 e. The van der Waals surface area contributed by atoms with Crippen molar-refractivity contribution in [1.82, 2.24) is 0 Å². The predicted molar refractivity (Wildman–Crippen MR) is 87.8 cm³/mol. The van der Waals surface area contributed by atoms with Crippen molar-refractivity contribution < 1.29 is 29.2 Å². The molecule has 1 aromatic rings. The Hall–Kier alpha value is -2.05. The summed E-state index contributed by atoms with van der Waals surface area (Å²) in [5.41, 5.74) is 0.963. The molecule has 132 valence electrons. The van der Waals surface area contributed by atoms with Gasteiger partial charge in [0.15, 0.2) is 0 Å². The molecule has 3 atom stereocenters. The van der Waals surface area contributed by atoms with Crippen molar-refractivity contribution in [2.45, 2.75) is 32.0 Å². The molecule has 0 aliphatic carbocycles. The smallest absolute Gasteiger partial charge is 0.370 e. The van der Waals surface area contributed by atoms with Crippen LogP contribution >= 0.6 is 0 Å². The van der Waals surface area contributed by atoms with Gasteiger partial charge in [-0.05, 0) is 43.5 Å². The van der Waals surface area contributed by atoms with Gasteiger partial charge in [-0.25, -0.2) is 4.79 Å². The molecule has 0 saturated carbocycles. The molecule has 1 aromatic carbocycles. The molecule has 0 radical (unpaired) electrons. The van der Waals surface area contributed by atoms with Crippen molar-refractivity contribution in [1.29, 1.82) is 0 Å². The van der Waals surface area contributed by atoms with Gasteiger partial charge < -0.3 is 24.4 Å². The van der Waals surface area contributed by atoms with Crippen LogP contribution in [0.5, 0.6) is 5.75 Å². The van der Waals surface area contributed by atoms with Gasteiger partial charge >= 0.3 is 5.97 Å². The number of aliphatic hydroxyl groups excluding tert-OH is 1. The fourth-order valence-corrected chi connectivity index (χ4v) is 2.96. The Kier molecular flexibility index (Phi) is 6.63. The molecular formula is C18H24O6. The van der Waals surface area contributed by atoms with Crippen LogP contribution < -0.4 is 4.74 Å². The van der Waals surface area contributed by atoms with Gasteiger partial charge in [0.2, 0.25) is 12.0 Å². The first-order chi connectivity index (χ1) is 11.6. The van der Waals surface area contributed by atoms with E-state index in [2.05, 4.69) is 0 Å². The minimum absolute atomic E-state index is 0.0696. The van der Waals surface area contributed by atoms with Crippen molar-refractivity contribution in [3.8, 4) is 5.75 Å². The van der Waals surface area contributed by atoms with Gasteiger partial charge in [0.1, 0.15) is 5.75 Å². The lowest BCUT2D eigenvalue weighted by atomic mass is 9.80. The molecule has 2 rings (SSSR count). The first kappa shape index (κ1) is 18.3. The largest absolute Gasteiger partial charge is 0.497 e. The summed E-state index contributed by atoms with van der Waals surface area (Å²) >= 11 is 0. The van der Waals surface area contributed by atoms with Gasteiger partial charge in [0.25, 0.3) is 0 Å². The number of carboxylic acids is 1. The summed E-state index contributed by atoms with van der Waals surface area (Å²) < 4.78 is 16.3. The zero-order valence-corrected chi connectivity index (χ0v) is 14.0. The average molecular weight is 336 g/mol. The lowest BCUT2D eigenvalue weighted by molar-refractivity contribution is -0.173. The summed E-state index contributed by atoms with van der Waals surface area (Å²) in [6.45, 7) is 2.33. The predicted octanol–water partition coefficient (Wildman–Crippen LogP) is 2.53. The summed E-state index contributed by atoms with van der Waals surface area (Å²) in [6.07, 6.45) is 2.24. The van der Waals surface area contributed by atoms with Crippen molar-refractivity contribution in [3.05, 3.63) is 41.7 Å². The fourth-order valence-electron chi connectivity index (χ4n) is 2.96. The zero-order chi connectivity index (χ0) is 17.5. The Bertz CT molecular complexity index is 565. The van der Waals surface area contributed by atoms with Crippen LogP contribution in [0.25, 0.3) is 0 Å². The molecule has 0 fully saturated rings. The Morgan fingerprint density at radius 2 is 2.00 bits per heavy atom. The third-order valence-electron chi connectivity index (χ3n) is 4.12. The second-order valence-electron chi connectivity index (χ2n) is 5.61. The van der Waals surface area contributed by atoms with Crippen LogP contribution in [0.3, 0.4) is 0 Å². The van der Waals surface area contributed by atoms with Crippen LogP contribution in [0.1, 0.15) is 31.2 Å². The maximum atomic E-state index is 11.4. The molecule has 0 spiro atoms. The maximum absolute atomic E-state index is 11.4. The molecule has 1 aliphatic heterocycles. The van der Waals surface area contributed by atoms with Crippen LogP contribution in [-0.2, 0) is 14.3 Å². The monoisotopic (exact) mass is 336 g/mol. The summed E-state index contributed by atoms with van der Waals surface area (Å²) in [7, 11) is 1.60. The normalized spacial score (nSPS) is 23.3. The lowest BCUT2D eigenvalue weighted by Gasteiger charge is -2.36. The number of carbonyl (C=O) groups is 1. The number of benzene rings is 1. The zero-order valence-electron chi connectivity index (χ0n) is 14.0. The van der Waals surface area contributed by atoms with E-state index in [0.29, 0.717) is 19.4 Å². The number of hydrogen-bond donors (Lipinski definition) is 2. The molecule has 6 nitrogen and oxygen atoms in total. The molecule has 24 heavy (non-hydrogen) atoms. The van der Waals surface area contributed by atoms with Gasteiger partial charge in [0.05, 0.1) is 7.11 Å². The molecule has 0 bridgehead atoms. The van der Waals surface area contributed by atoms with E-state index in [4.69, 9.17) is 14.2 Å². The first-order valence-corrected chi connectivity index (χ1v) is 8.08. The number of rotatable bonds is 8. The van der Waals surface area contributed by atoms with E-state index < -0.39 is 12.3 Å². The molecular weight excluding hydrogens is 312 g/mol. The van der Waals surface area contributed by atoms with Crippen molar-refractivity contribution in [2.24, 2.45) is 5.92 Å². The number of methoxy groups -OCH3 is 1. The Morgan fingerprint density at radius 3 is 2.54 bits per heavy atom. The minimum atomic E-state index is -1.11. The number of carboxylic acid groups (broad SMARTS) is 1. The molecule has 0 aromatic heterocycles. The van der Waals surface area contributed by atoms with Crippen LogP contribution in [0.15, 0.2) is 36.1 Å². The second-order valence-corrected chi connectivity index (χ2v) is 5.61. The highest BCUT2D eigenvalue weighted by atomic mass is 16.7. The van der Waals surface area contributed by atoms with Crippen LogP contribution in [0.2, 0.25) is 0 Å². The number of aliphatic carboxylic acids is 1. The van der Waals surface area contributed by atoms with Crippen molar-refractivity contribution in [3.63, 3.8) is 0 Å². The van der Waals surface area contributed by atoms with E-state index in [1.54, 1.807) is 13.2 Å². The molecule has 2 N–H and O–H groups in total. The number of ether oxygens (including phenoxy) is 3. The lowest BCUT2D eigenvalue weighted by Crippen LogP contribution is -2.36. The third-order valence-corrected chi connectivity index (χ3v) is 4.12. The summed E-state index contributed by atoms with van der Waals surface area (Å²) in [5.74, 6) is -0.720. The van der Waals surface area contributed by atoms with Crippen LogP contribution in [-0.4, -0.2) is 42.8 Å². The molecule has 6 heteroatoms. The van der Waals surface area contributed by atoms with Gasteiger partial charge in [-0.1, -0.05) is 12.1 Å². The van der Waals surface area contributed by atoms with Crippen molar-refractivity contribution >= 4 is 5.97 Å². The van der Waals surface area contributed by atoms with E-state index in [-0.39, 0.29) is 24.2 Å². The van der Waals surface area contributed by atoms with E-state index in [0.717, 1.165) is 11.3 Å². The molecule has 1 aliphatic rings. The van der Waals surface area contributed by atoms with Gasteiger partial charge in [-0.15, -0.1) is 0 Å². The van der Waals surface area contributed by atoms with Crippen LogP contribution in [0.4, 0.5) is 0 Å². The quantitative estimate of drug-likeness (QED) is 0.759. The third kappa shape index (κ3) is 4.27. The summed E-state index contributed by atoms with van der Waals surface area (Å²) in [5, 5.41) is 18.5. The van der Waals surface area contributed by atoms with Gasteiger partial charge in [-0.3, -0.25) is 0 Å². The molecule has 0 saturated heterocycles. The van der Waals surface area contributed by atoms with Gasteiger partial charge in [-0.2, -0.15) is 0 Å². The Labute approximate surface area is 141 Å². The van der Waals surface area contributed by atoms with E-state index in [1.807, 2.05) is 31.2 Å². The summed E-state index contributed by atoms with van der Waals surface area (Å²) in [4.78, 5) is 11.4. The second kappa shape index (κ2) is 8.70. The number of hydrogen-bond acceptors (Lipinski definition) is 5. The highest BCUT2D eigenvalue weighted by molar-refractivity contribution is 5.84. The molecule has 1 heterocycles. The SMILES string of the molecule is CCO[C@H]1OC(C(=O)O)=C[C@@H](c2ccc(OC)cc2)[C@@H]1CCCO. The number of aliphatic hydroxyl groups is 1. The molecule has 0 amide bonds. The van der Waals surface area contributed by atoms with E-state index in [9.17, 15) is 15.0 Å². The molecule has 0 unspecified atom stereocenters. The highest BCUT2D eigenvalue weighted by Gasteiger charge is 2.37. The van der Waals surface area contributed by atoms with Crippen LogP contribution in [0, 0.1) is 5.92 Å². The topological polar surface area (TPSA) is 85.2 Å². The number of allylic oxidation sites excluding steroid dienone is 1. The minimum Gasteiger partial charge on any atom is -0.497 e. The first-order valence-electron chi connectivity index (χ1n) is 8.08. The van der Waals surface area contributed by atoms with Gasteiger partial charge in [0, 0.05) is 25.0 Å². The summed E-state index contributed by atoms with van der Waals surface area (Å²) in [6, 6.07) is 7.52. The Balaban J connectivity index is 2.37. The standard InChI is InChI=1S/C18H24O6/c1-3-23-18-14(5-4-10-19)15(11-16(24-18)17(20)21)12-6-8-13(22-2)9-7-12/h6-9,11,14-15,18-19H,3-5,10H2,1-2H3,(H,20,21)/t14-,15-,18-/m0/s1.